The molecule has 0 spiro atoms. The number of nitrogens with one attached hydrogen (secondary N) is 1. The van der Waals surface area contributed by atoms with E-state index >= 15 is 0 Å². The molecule has 0 aliphatic carbocycles. The van der Waals surface area contributed by atoms with Crippen molar-refractivity contribution in [2.75, 3.05) is 12.1 Å². The highest BCUT2D eigenvalue weighted by Crippen LogP contribution is 2.27. The molecule has 3 atom stereocenters. The van der Waals surface area contributed by atoms with Gasteiger partial charge >= 0.3 is 5.69 Å². The molecule has 8 heteroatoms. The summed E-state index contributed by atoms with van der Waals surface area (Å²) in [5, 5.41) is 27.6. The number of rotatable bonds is 3. The lowest BCUT2D eigenvalue weighted by Crippen LogP contribution is -2.32. The molecule has 1 saturated heterocycles. The summed E-state index contributed by atoms with van der Waals surface area (Å²) >= 11 is 0. The quantitative estimate of drug-likeness (QED) is 0.396. The highest BCUT2D eigenvalue weighted by molar-refractivity contribution is 5.49. The summed E-state index contributed by atoms with van der Waals surface area (Å²) in [6, 6.07) is 0. The number of ether oxygens (including phenoxy) is 1. The number of aliphatic hydroxyl groups is 2. The Morgan fingerprint density at radius 1 is 1.68 bits per heavy atom. The molecule has 1 unspecified atom stereocenters. The molecule has 2 heterocycles. The molecule has 0 radical (unpaired) electrons. The van der Waals surface area contributed by atoms with Crippen molar-refractivity contribution < 1.29 is 20.2 Å². The minimum absolute atomic E-state index is 0.144. The highest BCUT2D eigenvalue weighted by atomic mass is 16.5. The summed E-state index contributed by atoms with van der Waals surface area (Å²) in [7, 11) is 0. The van der Waals surface area contributed by atoms with Crippen LogP contribution in [0.2, 0.25) is 0 Å². The molecular weight excluding hydrogens is 254 g/mol. The van der Waals surface area contributed by atoms with E-state index in [1.54, 1.807) is 5.48 Å². The van der Waals surface area contributed by atoms with Crippen LogP contribution in [-0.4, -0.2) is 43.8 Å². The van der Waals surface area contributed by atoms with E-state index in [0.29, 0.717) is 0 Å². The van der Waals surface area contributed by atoms with Crippen LogP contribution in [0.25, 0.3) is 0 Å². The lowest BCUT2D eigenvalue weighted by atomic mass is 10.2. The zero-order valence-electron chi connectivity index (χ0n) is 9.85. The topological polar surface area (TPSA) is 117 Å². The van der Waals surface area contributed by atoms with E-state index in [1.165, 1.54) is 6.20 Å². The third-order valence-corrected chi connectivity index (χ3v) is 2.86. The Kier molecular flexibility index (Phi) is 3.82. The first-order chi connectivity index (χ1) is 9.10. The summed E-state index contributed by atoms with van der Waals surface area (Å²) in [6.45, 7) is -0.256. The molecular formula is C11H13N3O5. The van der Waals surface area contributed by atoms with Crippen molar-refractivity contribution in [2.45, 2.75) is 24.9 Å². The molecule has 1 aliphatic heterocycles. The summed E-state index contributed by atoms with van der Waals surface area (Å²) in [5.74, 6) is 2.10. The van der Waals surface area contributed by atoms with E-state index in [4.69, 9.17) is 21.5 Å². The van der Waals surface area contributed by atoms with Crippen molar-refractivity contribution >= 4 is 5.82 Å². The number of terminal acetylenes is 1. The number of hydrogen-bond acceptors (Lipinski definition) is 7. The minimum Gasteiger partial charge on any atom is -0.394 e. The molecule has 2 rings (SSSR count). The first kappa shape index (κ1) is 13.5. The van der Waals surface area contributed by atoms with Crippen molar-refractivity contribution in [2.24, 2.45) is 0 Å². The van der Waals surface area contributed by atoms with Gasteiger partial charge in [-0.1, -0.05) is 5.92 Å². The first-order valence-electron chi connectivity index (χ1n) is 5.55. The predicted octanol–water partition coefficient (Wildman–Crippen LogP) is -1.33. The number of anilines is 1. The lowest BCUT2D eigenvalue weighted by Gasteiger charge is -2.17. The Bertz CT molecular complexity index is 564. The summed E-state index contributed by atoms with van der Waals surface area (Å²) in [5.41, 5.74) is 1.13. The summed E-state index contributed by atoms with van der Waals surface area (Å²) in [6.07, 6.45) is 4.24. The molecule has 0 saturated carbocycles. The van der Waals surface area contributed by atoms with Gasteiger partial charge in [0.15, 0.2) is 12.0 Å². The molecule has 102 valence electrons. The SMILES string of the molecule is C#Cc1cn([C@@H]2O[C@H](CO)CC2O)c(=O)nc1NO. The third kappa shape index (κ3) is 2.45. The van der Waals surface area contributed by atoms with E-state index in [-0.39, 0.29) is 24.4 Å². The van der Waals surface area contributed by atoms with Crippen LogP contribution in [0, 0.1) is 12.3 Å². The molecule has 1 fully saturated rings. The average Bonchev–Trinajstić information content (AvgIpc) is 2.79. The zero-order valence-corrected chi connectivity index (χ0v) is 9.85. The maximum absolute atomic E-state index is 11.8. The van der Waals surface area contributed by atoms with Crippen LogP contribution in [0.15, 0.2) is 11.0 Å². The average molecular weight is 267 g/mol. The molecule has 0 amide bonds. The Labute approximate surface area is 108 Å². The van der Waals surface area contributed by atoms with Gasteiger partial charge < -0.3 is 14.9 Å². The van der Waals surface area contributed by atoms with Crippen molar-refractivity contribution in [3.63, 3.8) is 0 Å². The van der Waals surface area contributed by atoms with Crippen LogP contribution in [0.5, 0.6) is 0 Å². The standard InChI is InChI=1S/C11H13N3O5/c1-2-6-4-14(11(17)12-9(6)13-18)10-8(16)3-7(5-15)19-10/h1,4,7-8,10,15-16,18H,3,5H2,(H,12,13,17)/t7-,8?,10+/m0/s1. The fraction of sp³-hybridized carbons (Fsp3) is 0.455. The molecule has 1 aliphatic rings. The fourth-order valence-corrected chi connectivity index (χ4v) is 1.94. The van der Waals surface area contributed by atoms with E-state index in [1.807, 2.05) is 0 Å². The third-order valence-electron chi connectivity index (χ3n) is 2.86. The van der Waals surface area contributed by atoms with Gasteiger partial charge in [-0.25, -0.2) is 4.79 Å². The minimum atomic E-state index is -0.961. The first-order valence-corrected chi connectivity index (χ1v) is 5.55. The largest absolute Gasteiger partial charge is 0.394 e. The van der Waals surface area contributed by atoms with Crippen molar-refractivity contribution in [3.05, 3.63) is 22.2 Å². The number of aliphatic hydroxyl groups excluding tert-OH is 2. The smallest absolute Gasteiger partial charge is 0.351 e. The maximum atomic E-state index is 11.8. The molecule has 1 aromatic heterocycles. The number of nitrogens with zero attached hydrogens (tertiary/aromatic N) is 2. The van der Waals surface area contributed by atoms with Gasteiger partial charge in [0.25, 0.3) is 0 Å². The van der Waals surface area contributed by atoms with E-state index in [9.17, 15) is 9.90 Å². The van der Waals surface area contributed by atoms with Gasteiger partial charge in [0, 0.05) is 12.6 Å². The second-order valence-corrected chi connectivity index (χ2v) is 4.08. The molecule has 0 aromatic carbocycles. The predicted molar refractivity (Wildman–Crippen MR) is 63.5 cm³/mol. The Morgan fingerprint density at radius 3 is 2.95 bits per heavy atom. The monoisotopic (exact) mass is 267 g/mol. The summed E-state index contributed by atoms with van der Waals surface area (Å²) in [4.78, 5) is 15.3. The van der Waals surface area contributed by atoms with Gasteiger partial charge in [-0.15, -0.1) is 6.42 Å². The Morgan fingerprint density at radius 2 is 2.42 bits per heavy atom. The van der Waals surface area contributed by atoms with Gasteiger partial charge in [0.2, 0.25) is 0 Å². The highest BCUT2D eigenvalue weighted by Gasteiger charge is 2.35. The fourth-order valence-electron chi connectivity index (χ4n) is 1.94. The van der Waals surface area contributed by atoms with Gasteiger partial charge in [-0.05, 0) is 0 Å². The van der Waals surface area contributed by atoms with E-state index in [0.717, 1.165) is 4.57 Å². The molecule has 0 bridgehead atoms. The van der Waals surface area contributed by atoms with Crippen molar-refractivity contribution in [1.29, 1.82) is 0 Å². The van der Waals surface area contributed by atoms with E-state index in [2.05, 4.69) is 10.9 Å². The van der Waals surface area contributed by atoms with E-state index < -0.39 is 24.1 Å². The van der Waals surface area contributed by atoms with Crippen LogP contribution >= 0.6 is 0 Å². The Hall–Kier alpha value is -1.92. The van der Waals surface area contributed by atoms with Crippen molar-refractivity contribution in [1.82, 2.24) is 9.55 Å². The summed E-state index contributed by atoms with van der Waals surface area (Å²) < 4.78 is 6.37. The normalized spacial score (nSPS) is 26.1. The van der Waals surface area contributed by atoms with Crippen LogP contribution in [-0.2, 0) is 4.74 Å². The zero-order chi connectivity index (χ0) is 14.0. The van der Waals surface area contributed by atoms with Crippen LogP contribution in [0.3, 0.4) is 0 Å². The van der Waals surface area contributed by atoms with Gasteiger partial charge in [0.05, 0.1) is 18.3 Å². The van der Waals surface area contributed by atoms with Crippen molar-refractivity contribution in [3.8, 4) is 12.3 Å². The number of aromatic nitrogens is 2. The second kappa shape index (κ2) is 5.38. The lowest BCUT2D eigenvalue weighted by molar-refractivity contribution is -0.0530. The molecule has 19 heavy (non-hydrogen) atoms. The van der Waals surface area contributed by atoms with Gasteiger partial charge in [0.1, 0.15) is 6.10 Å². The molecule has 4 N–H and O–H groups in total. The Balaban J connectivity index is 2.41. The van der Waals surface area contributed by atoms with Gasteiger partial charge in [-0.2, -0.15) is 4.98 Å². The second-order valence-electron chi connectivity index (χ2n) is 4.08. The van der Waals surface area contributed by atoms with Crippen LogP contribution < -0.4 is 11.2 Å². The molecule has 1 aromatic rings. The van der Waals surface area contributed by atoms with Crippen LogP contribution in [0.1, 0.15) is 18.2 Å². The van der Waals surface area contributed by atoms with Crippen LogP contribution in [0.4, 0.5) is 5.82 Å². The van der Waals surface area contributed by atoms with Gasteiger partial charge in [-0.3, -0.25) is 15.3 Å². The molecule has 8 nitrogen and oxygen atoms in total. The maximum Gasteiger partial charge on any atom is 0.351 e. The number of hydrogen-bond donors (Lipinski definition) is 4.